The minimum absolute atomic E-state index is 0.0761. The summed E-state index contributed by atoms with van der Waals surface area (Å²) >= 11 is 0. The predicted octanol–water partition coefficient (Wildman–Crippen LogP) is 2.69. The first kappa shape index (κ1) is 18.4. The van der Waals surface area contributed by atoms with Gasteiger partial charge < -0.3 is 14.7 Å². The number of benzene rings is 1. The second kappa shape index (κ2) is 8.24. The van der Waals surface area contributed by atoms with E-state index < -0.39 is 23.6 Å². The van der Waals surface area contributed by atoms with Crippen LogP contribution in [-0.2, 0) is 20.9 Å². The van der Waals surface area contributed by atoms with Crippen molar-refractivity contribution in [2.24, 2.45) is 11.8 Å². The number of hydrogen-bond acceptors (Lipinski definition) is 3. The Kier molecular flexibility index (Phi) is 6.31. The van der Waals surface area contributed by atoms with Crippen molar-refractivity contribution in [3.63, 3.8) is 0 Å². The Hall–Kier alpha value is -1.95. The first-order valence-electron chi connectivity index (χ1n) is 8.26. The molecule has 1 saturated heterocycles. The number of hydrogen-bond donors (Lipinski definition) is 1. The van der Waals surface area contributed by atoms with E-state index in [0.29, 0.717) is 31.6 Å². The molecular weight excluding hydrogens is 313 g/mol. The monoisotopic (exact) mass is 337 g/mol. The molecule has 0 bridgehead atoms. The number of amides is 1. The highest BCUT2D eigenvalue weighted by Gasteiger charge is 2.37. The average molecular weight is 337 g/mol. The van der Waals surface area contributed by atoms with Gasteiger partial charge in [0.2, 0.25) is 5.91 Å². The third-order valence-electron chi connectivity index (χ3n) is 4.41. The standard InChI is InChI=1S/C18H24FNO4/c1-12(2)16(18(22)23)17(21)20(14-7-9-24-10-8-14)11-13-5-3-4-6-15(13)19/h3-6,12,14,16H,7-11H2,1-2H3,(H,22,23). The van der Waals surface area contributed by atoms with Crippen molar-refractivity contribution in [2.45, 2.75) is 39.3 Å². The Morgan fingerprint density at radius 1 is 1.29 bits per heavy atom. The Bertz CT molecular complexity index is 584. The number of rotatable bonds is 6. The molecule has 24 heavy (non-hydrogen) atoms. The maximum absolute atomic E-state index is 14.0. The Labute approximate surface area is 141 Å². The van der Waals surface area contributed by atoms with Crippen LogP contribution in [0.1, 0.15) is 32.3 Å². The summed E-state index contributed by atoms with van der Waals surface area (Å²) in [6.45, 7) is 4.53. The van der Waals surface area contributed by atoms with Gasteiger partial charge in [0, 0.05) is 31.4 Å². The lowest BCUT2D eigenvalue weighted by Gasteiger charge is -2.36. The Balaban J connectivity index is 2.29. The molecule has 2 rings (SSSR count). The molecular formula is C18H24FNO4. The lowest BCUT2D eigenvalue weighted by atomic mass is 9.92. The predicted molar refractivity (Wildman–Crippen MR) is 86.8 cm³/mol. The third-order valence-corrected chi connectivity index (χ3v) is 4.41. The van der Waals surface area contributed by atoms with E-state index >= 15 is 0 Å². The summed E-state index contributed by atoms with van der Waals surface area (Å²) in [6.07, 6.45) is 1.26. The number of ether oxygens (including phenoxy) is 1. The van der Waals surface area contributed by atoms with E-state index in [1.54, 1.807) is 32.0 Å². The van der Waals surface area contributed by atoms with E-state index in [2.05, 4.69) is 0 Å². The van der Waals surface area contributed by atoms with Gasteiger partial charge in [-0.2, -0.15) is 0 Å². The van der Waals surface area contributed by atoms with E-state index in [0.717, 1.165) is 0 Å². The number of nitrogens with zero attached hydrogens (tertiary/aromatic N) is 1. The normalized spacial score (nSPS) is 16.8. The summed E-state index contributed by atoms with van der Waals surface area (Å²) in [6, 6.07) is 6.14. The molecule has 1 amide bonds. The summed E-state index contributed by atoms with van der Waals surface area (Å²) in [5.41, 5.74) is 0.394. The number of aliphatic carboxylic acids is 1. The fourth-order valence-electron chi connectivity index (χ4n) is 3.05. The van der Waals surface area contributed by atoms with Crippen LogP contribution < -0.4 is 0 Å². The molecule has 1 aliphatic heterocycles. The lowest BCUT2D eigenvalue weighted by Crippen LogP contribution is -2.48. The van der Waals surface area contributed by atoms with Gasteiger partial charge in [-0.05, 0) is 24.8 Å². The second-order valence-corrected chi connectivity index (χ2v) is 6.46. The van der Waals surface area contributed by atoms with Crippen molar-refractivity contribution in [3.8, 4) is 0 Å². The van der Waals surface area contributed by atoms with Crippen LogP contribution in [0.5, 0.6) is 0 Å². The van der Waals surface area contributed by atoms with Gasteiger partial charge in [0.25, 0.3) is 0 Å². The summed E-state index contributed by atoms with van der Waals surface area (Å²) < 4.78 is 19.4. The smallest absolute Gasteiger partial charge is 0.316 e. The first-order valence-corrected chi connectivity index (χ1v) is 8.26. The molecule has 1 atom stereocenters. The minimum Gasteiger partial charge on any atom is -0.481 e. The maximum atomic E-state index is 14.0. The molecule has 1 aromatic rings. The minimum atomic E-state index is -1.14. The van der Waals surface area contributed by atoms with Crippen LogP contribution in [0, 0.1) is 17.7 Å². The molecule has 1 aliphatic rings. The third kappa shape index (κ3) is 4.32. The number of carbonyl (C=O) groups is 2. The van der Waals surface area contributed by atoms with Crippen molar-refractivity contribution >= 4 is 11.9 Å². The second-order valence-electron chi connectivity index (χ2n) is 6.46. The SMILES string of the molecule is CC(C)C(C(=O)O)C(=O)N(Cc1ccccc1F)C1CCOCC1. The molecule has 1 N–H and O–H groups in total. The summed E-state index contributed by atoms with van der Waals surface area (Å²) in [7, 11) is 0. The van der Waals surface area contributed by atoms with Gasteiger partial charge >= 0.3 is 5.97 Å². The van der Waals surface area contributed by atoms with Crippen LogP contribution in [0.2, 0.25) is 0 Å². The number of carboxylic acids is 1. The molecule has 0 aromatic heterocycles. The zero-order valence-corrected chi connectivity index (χ0v) is 14.1. The lowest BCUT2D eigenvalue weighted by molar-refractivity contribution is -0.155. The summed E-state index contributed by atoms with van der Waals surface area (Å²) in [5.74, 6) is -3.44. The van der Waals surface area contributed by atoms with Gasteiger partial charge in [0.15, 0.2) is 0 Å². The molecule has 1 aromatic carbocycles. The summed E-state index contributed by atoms with van der Waals surface area (Å²) in [5, 5.41) is 9.44. The fraction of sp³-hybridized carbons (Fsp3) is 0.556. The number of carboxylic acid groups (broad SMARTS) is 1. The summed E-state index contributed by atoms with van der Waals surface area (Å²) in [4.78, 5) is 26.0. The molecule has 132 valence electrons. The van der Waals surface area contributed by atoms with Crippen LogP contribution >= 0.6 is 0 Å². The van der Waals surface area contributed by atoms with E-state index in [1.165, 1.54) is 11.0 Å². The van der Waals surface area contributed by atoms with E-state index in [1.807, 2.05) is 0 Å². The van der Waals surface area contributed by atoms with E-state index in [9.17, 15) is 19.1 Å². The molecule has 1 fully saturated rings. The first-order chi connectivity index (χ1) is 11.4. The zero-order chi connectivity index (χ0) is 17.7. The van der Waals surface area contributed by atoms with Gasteiger partial charge in [0.1, 0.15) is 11.7 Å². The zero-order valence-electron chi connectivity index (χ0n) is 14.1. The van der Waals surface area contributed by atoms with Crippen molar-refractivity contribution in [1.29, 1.82) is 0 Å². The molecule has 1 unspecified atom stereocenters. The Morgan fingerprint density at radius 3 is 2.46 bits per heavy atom. The van der Waals surface area contributed by atoms with Crippen LogP contribution in [0.4, 0.5) is 4.39 Å². The Morgan fingerprint density at radius 2 is 1.92 bits per heavy atom. The van der Waals surface area contributed by atoms with Gasteiger partial charge in [0.05, 0.1) is 0 Å². The van der Waals surface area contributed by atoms with Crippen LogP contribution in [0.3, 0.4) is 0 Å². The molecule has 5 nitrogen and oxygen atoms in total. The van der Waals surface area contributed by atoms with Crippen molar-refractivity contribution < 1.29 is 23.8 Å². The van der Waals surface area contributed by atoms with Crippen LogP contribution in [-0.4, -0.2) is 41.1 Å². The topological polar surface area (TPSA) is 66.8 Å². The van der Waals surface area contributed by atoms with E-state index in [-0.39, 0.29) is 18.5 Å². The maximum Gasteiger partial charge on any atom is 0.316 e. The van der Waals surface area contributed by atoms with Crippen molar-refractivity contribution in [2.75, 3.05) is 13.2 Å². The highest BCUT2D eigenvalue weighted by Crippen LogP contribution is 2.24. The highest BCUT2D eigenvalue weighted by atomic mass is 19.1. The van der Waals surface area contributed by atoms with Crippen molar-refractivity contribution in [3.05, 3.63) is 35.6 Å². The van der Waals surface area contributed by atoms with E-state index in [4.69, 9.17) is 4.74 Å². The molecule has 0 saturated carbocycles. The molecule has 0 spiro atoms. The van der Waals surface area contributed by atoms with Gasteiger partial charge in [-0.3, -0.25) is 9.59 Å². The molecule has 1 heterocycles. The van der Waals surface area contributed by atoms with Gasteiger partial charge in [-0.25, -0.2) is 4.39 Å². The van der Waals surface area contributed by atoms with Crippen LogP contribution in [0.25, 0.3) is 0 Å². The highest BCUT2D eigenvalue weighted by molar-refractivity contribution is 5.97. The number of halogens is 1. The fourth-order valence-corrected chi connectivity index (χ4v) is 3.05. The van der Waals surface area contributed by atoms with Gasteiger partial charge in [-0.1, -0.05) is 32.0 Å². The molecule has 0 radical (unpaired) electrons. The van der Waals surface area contributed by atoms with Crippen LogP contribution in [0.15, 0.2) is 24.3 Å². The van der Waals surface area contributed by atoms with Gasteiger partial charge in [-0.15, -0.1) is 0 Å². The average Bonchev–Trinajstić information content (AvgIpc) is 2.54. The molecule has 0 aliphatic carbocycles. The quantitative estimate of drug-likeness (QED) is 0.811. The largest absolute Gasteiger partial charge is 0.481 e. The number of carbonyl (C=O) groups excluding carboxylic acids is 1. The van der Waals surface area contributed by atoms with Crippen molar-refractivity contribution in [1.82, 2.24) is 4.90 Å². The molecule has 6 heteroatoms.